The van der Waals surface area contributed by atoms with E-state index >= 15 is 0 Å². The molecule has 0 aliphatic rings. The van der Waals surface area contributed by atoms with Crippen LogP contribution in [0.25, 0.3) is 11.5 Å². The fourth-order valence-electron chi connectivity index (χ4n) is 2.19. The lowest BCUT2D eigenvalue weighted by Gasteiger charge is -2.02. The van der Waals surface area contributed by atoms with Crippen molar-refractivity contribution in [2.75, 3.05) is 7.11 Å². The second kappa shape index (κ2) is 5.63. The van der Waals surface area contributed by atoms with E-state index in [2.05, 4.69) is 10.1 Å². The number of hydrogen-bond donors (Lipinski definition) is 0. The Hall–Kier alpha value is -2.63. The summed E-state index contributed by atoms with van der Waals surface area (Å²) in [6.45, 7) is 4.27. The van der Waals surface area contributed by atoms with Crippen molar-refractivity contribution in [1.29, 1.82) is 0 Å². The molecule has 0 saturated heterocycles. The second-order valence-corrected chi connectivity index (χ2v) is 5.08. The van der Waals surface area contributed by atoms with Crippen LogP contribution in [0.4, 0.5) is 4.39 Å². The van der Waals surface area contributed by atoms with Gasteiger partial charge in [-0.25, -0.2) is 9.37 Å². The summed E-state index contributed by atoms with van der Waals surface area (Å²) in [7, 11) is 1.49. The maximum Gasteiger partial charge on any atom is 0.229 e. The molecule has 3 aromatic rings. The predicted octanol–water partition coefficient (Wildman–Crippen LogP) is 3.35. The van der Waals surface area contributed by atoms with Gasteiger partial charge in [-0.05, 0) is 31.5 Å². The average Bonchev–Trinajstić information content (AvgIpc) is 3.06. The molecule has 2 aromatic heterocycles. The molecule has 0 unspecified atom stereocenters. The van der Waals surface area contributed by atoms with Gasteiger partial charge in [-0.2, -0.15) is 5.10 Å². The molecule has 3 rings (SSSR count). The minimum absolute atomic E-state index is 0.261. The quantitative estimate of drug-likeness (QED) is 0.741. The highest BCUT2D eigenvalue weighted by Crippen LogP contribution is 2.27. The van der Waals surface area contributed by atoms with Crippen LogP contribution in [-0.2, 0) is 6.54 Å². The molecule has 0 bridgehead atoms. The minimum Gasteiger partial charge on any atom is -0.497 e. The van der Waals surface area contributed by atoms with Crippen LogP contribution in [0.3, 0.4) is 0 Å². The van der Waals surface area contributed by atoms with Gasteiger partial charge in [0.25, 0.3) is 0 Å². The monoisotopic (exact) mass is 301 g/mol. The third kappa shape index (κ3) is 2.72. The van der Waals surface area contributed by atoms with Gasteiger partial charge in [-0.3, -0.25) is 4.68 Å². The van der Waals surface area contributed by atoms with E-state index in [4.69, 9.17) is 9.15 Å². The maximum atomic E-state index is 14.1. The van der Waals surface area contributed by atoms with Crippen LogP contribution >= 0.6 is 0 Å². The Balaban J connectivity index is 1.91. The molecule has 5 nitrogen and oxygen atoms in total. The van der Waals surface area contributed by atoms with E-state index in [1.807, 2.05) is 20.0 Å². The van der Waals surface area contributed by atoms with Crippen LogP contribution in [0.5, 0.6) is 5.75 Å². The van der Waals surface area contributed by atoms with Gasteiger partial charge in [0.05, 0.1) is 25.4 Å². The normalized spacial score (nSPS) is 10.9. The van der Waals surface area contributed by atoms with E-state index in [1.54, 1.807) is 23.0 Å². The van der Waals surface area contributed by atoms with E-state index in [9.17, 15) is 4.39 Å². The van der Waals surface area contributed by atoms with Crippen LogP contribution in [-0.4, -0.2) is 21.9 Å². The topological polar surface area (TPSA) is 53.1 Å². The van der Waals surface area contributed by atoms with Crippen LogP contribution in [0, 0.1) is 19.7 Å². The first kappa shape index (κ1) is 14.3. The number of aromatic nitrogens is 3. The van der Waals surface area contributed by atoms with Crippen molar-refractivity contribution in [3.63, 3.8) is 0 Å². The van der Waals surface area contributed by atoms with Crippen molar-refractivity contribution < 1.29 is 13.5 Å². The third-order valence-corrected chi connectivity index (χ3v) is 3.37. The lowest BCUT2D eigenvalue weighted by molar-refractivity contribution is 0.411. The smallest absolute Gasteiger partial charge is 0.229 e. The number of halogens is 1. The number of hydrogen-bond acceptors (Lipinski definition) is 4. The summed E-state index contributed by atoms with van der Waals surface area (Å²) in [5, 5.41) is 4.22. The standard InChI is InChI=1S/C16H16FN3O2/c1-10-7-18-20(8-10)9-15-11(2)22-16(19-15)13-5-4-12(21-3)6-14(13)17/h4-8H,9H2,1-3H3. The first-order valence-electron chi connectivity index (χ1n) is 6.86. The van der Waals surface area contributed by atoms with Crippen LogP contribution in [0.15, 0.2) is 35.0 Å². The molecular formula is C16H16FN3O2. The molecule has 0 aliphatic heterocycles. The molecule has 0 radical (unpaired) electrons. The van der Waals surface area contributed by atoms with Crippen molar-refractivity contribution in [2.24, 2.45) is 0 Å². The van der Waals surface area contributed by atoms with Crippen molar-refractivity contribution in [3.8, 4) is 17.2 Å². The molecule has 0 amide bonds. The van der Waals surface area contributed by atoms with Gasteiger partial charge in [0.1, 0.15) is 23.0 Å². The number of nitrogens with zero attached hydrogens (tertiary/aromatic N) is 3. The Labute approximate surface area is 127 Å². The molecule has 22 heavy (non-hydrogen) atoms. The number of ether oxygens (including phenoxy) is 1. The summed E-state index contributed by atoms with van der Waals surface area (Å²) in [5.74, 6) is 0.939. The zero-order valence-electron chi connectivity index (χ0n) is 12.6. The molecule has 114 valence electrons. The molecule has 0 aliphatic carbocycles. The van der Waals surface area contributed by atoms with Gasteiger partial charge in [-0.1, -0.05) is 0 Å². The van der Waals surface area contributed by atoms with Crippen molar-refractivity contribution in [3.05, 3.63) is 53.4 Å². The Morgan fingerprint density at radius 2 is 2.14 bits per heavy atom. The summed E-state index contributed by atoms with van der Waals surface area (Å²) in [6, 6.07) is 4.58. The van der Waals surface area contributed by atoms with Gasteiger partial charge in [0, 0.05) is 12.3 Å². The summed E-state index contributed by atoms with van der Waals surface area (Å²) in [5.41, 5.74) is 2.11. The first-order valence-corrected chi connectivity index (χ1v) is 6.86. The summed E-state index contributed by atoms with van der Waals surface area (Å²) in [6.07, 6.45) is 3.70. The van der Waals surface area contributed by atoms with Gasteiger partial charge in [0.2, 0.25) is 5.89 Å². The highest BCUT2D eigenvalue weighted by Gasteiger charge is 2.16. The SMILES string of the molecule is COc1ccc(-c2nc(Cn3cc(C)cn3)c(C)o2)c(F)c1. The fourth-order valence-corrected chi connectivity index (χ4v) is 2.19. The van der Waals surface area contributed by atoms with Crippen molar-refractivity contribution >= 4 is 0 Å². The molecule has 0 spiro atoms. The van der Waals surface area contributed by atoms with Crippen molar-refractivity contribution in [2.45, 2.75) is 20.4 Å². The molecule has 0 N–H and O–H groups in total. The number of rotatable bonds is 4. The largest absolute Gasteiger partial charge is 0.497 e. The molecule has 1 aromatic carbocycles. The third-order valence-electron chi connectivity index (χ3n) is 3.37. The van der Waals surface area contributed by atoms with Gasteiger partial charge >= 0.3 is 0 Å². The zero-order valence-corrected chi connectivity index (χ0v) is 12.6. The van der Waals surface area contributed by atoms with Crippen molar-refractivity contribution in [1.82, 2.24) is 14.8 Å². The van der Waals surface area contributed by atoms with Crippen LogP contribution in [0.2, 0.25) is 0 Å². The molecule has 6 heteroatoms. The molecule has 0 fully saturated rings. The molecule has 2 heterocycles. The average molecular weight is 301 g/mol. The molecular weight excluding hydrogens is 285 g/mol. The summed E-state index contributed by atoms with van der Waals surface area (Å²) in [4.78, 5) is 4.39. The number of oxazole rings is 1. The van der Waals surface area contributed by atoms with E-state index in [-0.39, 0.29) is 5.89 Å². The maximum absolute atomic E-state index is 14.1. The Morgan fingerprint density at radius 1 is 1.32 bits per heavy atom. The summed E-state index contributed by atoms with van der Waals surface area (Å²) >= 11 is 0. The highest BCUT2D eigenvalue weighted by atomic mass is 19.1. The lowest BCUT2D eigenvalue weighted by atomic mass is 10.2. The van der Waals surface area contributed by atoms with Crippen LogP contribution in [0.1, 0.15) is 17.0 Å². The Morgan fingerprint density at radius 3 is 2.77 bits per heavy atom. The number of aryl methyl sites for hydroxylation is 2. The number of methoxy groups -OCH3 is 1. The second-order valence-electron chi connectivity index (χ2n) is 5.08. The van der Waals surface area contributed by atoms with E-state index < -0.39 is 5.82 Å². The summed E-state index contributed by atoms with van der Waals surface area (Å²) < 4.78 is 26.5. The Kier molecular flexibility index (Phi) is 3.66. The van der Waals surface area contributed by atoms with Gasteiger partial charge < -0.3 is 9.15 Å². The zero-order chi connectivity index (χ0) is 15.7. The highest BCUT2D eigenvalue weighted by molar-refractivity contribution is 5.56. The Bertz CT molecular complexity index is 808. The molecule has 0 atom stereocenters. The van der Waals surface area contributed by atoms with E-state index in [0.29, 0.717) is 23.6 Å². The first-order chi connectivity index (χ1) is 10.6. The van der Waals surface area contributed by atoms with E-state index in [1.165, 1.54) is 13.2 Å². The number of benzene rings is 1. The van der Waals surface area contributed by atoms with Crippen LogP contribution < -0.4 is 4.74 Å². The predicted molar refractivity (Wildman–Crippen MR) is 79.3 cm³/mol. The molecule has 0 saturated carbocycles. The van der Waals surface area contributed by atoms with Gasteiger partial charge in [-0.15, -0.1) is 0 Å². The fraction of sp³-hybridized carbons (Fsp3) is 0.250. The van der Waals surface area contributed by atoms with E-state index in [0.717, 1.165) is 11.3 Å². The lowest BCUT2D eigenvalue weighted by Crippen LogP contribution is -2.01. The van der Waals surface area contributed by atoms with Gasteiger partial charge in [0.15, 0.2) is 0 Å². The minimum atomic E-state index is -0.429.